The van der Waals surface area contributed by atoms with Crippen molar-refractivity contribution in [3.8, 4) is 5.75 Å². The zero-order valence-corrected chi connectivity index (χ0v) is 11.6. The molecule has 0 aromatic heterocycles. The number of para-hydroxylation sites is 1. The molecule has 2 aromatic rings. The Morgan fingerprint density at radius 3 is 2.45 bits per heavy atom. The van der Waals surface area contributed by atoms with Crippen LogP contribution >= 0.6 is 15.9 Å². The third-order valence-corrected chi connectivity index (χ3v) is 3.09. The van der Waals surface area contributed by atoms with E-state index in [0.717, 1.165) is 4.47 Å². The van der Waals surface area contributed by atoms with Crippen LogP contribution in [0.2, 0.25) is 0 Å². The number of hydrogen-bond donors (Lipinski definition) is 2. The minimum absolute atomic E-state index is 0.217. The molecule has 0 saturated carbocycles. The number of rotatable bonds is 3. The molecule has 0 heterocycles. The average molecular weight is 337 g/mol. The van der Waals surface area contributed by atoms with E-state index in [1.165, 1.54) is 18.2 Å². The van der Waals surface area contributed by atoms with Gasteiger partial charge >= 0.3 is 0 Å². The van der Waals surface area contributed by atoms with Crippen LogP contribution in [0.4, 0.5) is 11.4 Å². The van der Waals surface area contributed by atoms with Gasteiger partial charge in [-0.25, -0.2) is 0 Å². The van der Waals surface area contributed by atoms with Crippen molar-refractivity contribution in [2.24, 2.45) is 0 Å². The van der Waals surface area contributed by atoms with Crippen molar-refractivity contribution in [2.75, 3.05) is 5.32 Å². The fourth-order valence-corrected chi connectivity index (χ4v) is 1.86. The molecule has 20 heavy (non-hydrogen) atoms. The quantitative estimate of drug-likeness (QED) is 0.510. The van der Waals surface area contributed by atoms with Gasteiger partial charge in [-0.1, -0.05) is 22.0 Å². The molecule has 0 aliphatic carbocycles. The van der Waals surface area contributed by atoms with E-state index in [1.54, 1.807) is 24.3 Å². The fourth-order valence-electron chi connectivity index (χ4n) is 1.60. The van der Waals surface area contributed by atoms with Crippen molar-refractivity contribution in [2.45, 2.75) is 0 Å². The van der Waals surface area contributed by atoms with Crippen LogP contribution in [0.15, 0.2) is 46.9 Å². The van der Waals surface area contributed by atoms with Crippen molar-refractivity contribution >= 4 is 33.2 Å². The summed E-state index contributed by atoms with van der Waals surface area (Å²) in [6.45, 7) is 0. The lowest BCUT2D eigenvalue weighted by molar-refractivity contribution is -0.384. The number of hydrogen-bond acceptors (Lipinski definition) is 4. The normalized spacial score (nSPS) is 10.1. The molecule has 0 unspecified atom stereocenters. The summed E-state index contributed by atoms with van der Waals surface area (Å²) in [6, 6.07) is 10.3. The molecule has 0 spiro atoms. The standard InChI is InChI=1S/C13H9BrN2O4/c14-9-6-4-8(5-7-9)13(18)15-12-10(16(19)20)2-1-3-11(12)17/h1-7,17H,(H,15,18). The molecule has 0 saturated heterocycles. The summed E-state index contributed by atoms with van der Waals surface area (Å²) in [7, 11) is 0. The van der Waals surface area contributed by atoms with Gasteiger partial charge < -0.3 is 10.4 Å². The van der Waals surface area contributed by atoms with E-state index in [1.807, 2.05) is 0 Å². The molecular formula is C13H9BrN2O4. The molecular weight excluding hydrogens is 328 g/mol. The number of phenolic OH excluding ortho intramolecular Hbond substituents is 1. The van der Waals surface area contributed by atoms with E-state index >= 15 is 0 Å². The van der Waals surface area contributed by atoms with Gasteiger partial charge in [0, 0.05) is 16.1 Å². The number of halogens is 1. The summed E-state index contributed by atoms with van der Waals surface area (Å²) in [5.41, 5.74) is -0.258. The summed E-state index contributed by atoms with van der Waals surface area (Å²) in [6.07, 6.45) is 0. The lowest BCUT2D eigenvalue weighted by atomic mass is 10.2. The van der Waals surface area contributed by atoms with Gasteiger partial charge in [-0.2, -0.15) is 0 Å². The number of amides is 1. The molecule has 2 N–H and O–H groups in total. The smallest absolute Gasteiger partial charge is 0.296 e. The van der Waals surface area contributed by atoms with E-state index in [9.17, 15) is 20.0 Å². The molecule has 0 fully saturated rings. The van der Waals surface area contributed by atoms with Gasteiger partial charge in [0.2, 0.25) is 0 Å². The minimum Gasteiger partial charge on any atom is -0.505 e. The molecule has 6 nitrogen and oxygen atoms in total. The highest BCUT2D eigenvalue weighted by Gasteiger charge is 2.19. The molecule has 2 rings (SSSR count). The third kappa shape index (κ3) is 2.94. The maximum atomic E-state index is 12.0. The Labute approximate surface area is 122 Å². The Balaban J connectivity index is 2.32. The van der Waals surface area contributed by atoms with Crippen LogP contribution in [0.3, 0.4) is 0 Å². The predicted molar refractivity (Wildman–Crippen MR) is 76.9 cm³/mol. The lowest BCUT2D eigenvalue weighted by Gasteiger charge is -2.07. The molecule has 0 aliphatic rings. The van der Waals surface area contributed by atoms with Crippen molar-refractivity contribution in [1.82, 2.24) is 0 Å². The number of aromatic hydroxyl groups is 1. The first-order valence-electron chi connectivity index (χ1n) is 5.52. The van der Waals surface area contributed by atoms with Gasteiger partial charge in [0.15, 0.2) is 5.69 Å². The Bertz CT molecular complexity index is 671. The number of nitrogens with one attached hydrogen (secondary N) is 1. The summed E-state index contributed by atoms with van der Waals surface area (Å²) in [5, 5.41) is 22.9. The second-order valence-corrected chi connectivity index (χ2v) is 4.81. The van der Waals surface area contributed by atoms with E-state index < -0.39 is 10.8 Å². The number of nitro groups is 1. The molecule has 102 valence electrons. The van der Waals surface area contributed by atoms with Crippen LogP contribution in [-0.2, 0) is 0 Å². The van der Waals surface area contributed by atoms with E-state index in [2.05, 4.69) is 21.2 Å². The first kappa shape index (κ1) is 14.0. The Morgan fingerprint density at radius 2 is 1.85 bits per heavy atom. The largest absolute Gasteiger partial charge is 0.505 e. The SMILES string of the molecule is O=C(Nc1c(O)cccc1[N+](=O)[O-])c1ccc(Br)cc1. The zero-order chi connectivity index (χ0) is 14.7. The number of phenols is 1. The third-order valence-electron chi connectivity index (χ3n) is 2.56. The first-order chi connectivity index (χ1) is 9.49. The number of nitrogens with zero attached hydrogens (tertiary/aromatic N) is 1. The van der Waals surface area contributed by atoms with Crippen molar-refractivity contribution in [3.05, 3.63) is 62.6 Å². The number of carbonyl (C=O) groups excluding carboxylic acids is 1. The zero-order valence-electron chi connectivity index (χ0n) is 10.0. The van der Waals surface area contributed by atoms with Crippen LogP contribution in [0, 0.1) is 10.1 Å². The highest BCUT2D eigenvalue weighted by atomic mass is 79.9. The number of anilines is 1. The predicted octanol–water partition coefficient (Wildman–Crippen LogP) is 3.32. The van der Waals surface area contributed by atoms with Crippen LogP contribution in [0.1, 0.15) is 10.4 Å². The number of benzene rings is 2. The van der Waals surface area contributed by atoms with Gasteiger partial charge in [0.1, 0.15) is 5.75 Å². The van der Waals surface area contributed by atoms with Gasteiger partial charge in [-0.15, -0.1) is 0 Å². The van der Waals surface area contributed by atoms with E-state index in [0.29, 0.717) is 5.56 Å². The highest BCUT2D eigenvalue weighted by molar-refractivity contribution is 9.10. The van der Waals surface area contributed by atoms with Crippen LogP contribution < -0.4 is 5.32 Å². The molecule has 0 atom stereocenters. The second kappa shape index (κ2) is 5.70. The van der Waals surface area contributed by atoms with Crippen LogP contribution in [0.25, 0.3) is 0 Å². The fraction of sp³-hybridized carbons (Fsp3) is 0. The lowest BCUT2D eigenvalue weighted by Crippen LogP contribution is -2.13. The monoisotopic (exact) mass is 336 g/mol. The number of carbonyl (C=O) groups is 1. The summed E-state index contributed by atoms with van der Waals surface area (Å²) < 4.78 is 0.808. The summed E-state index contributed by atoms with van der Waals surface area (Å²) in [4.78, 5) is 22.2. The summed E-state index contributed by atoms with van der Waals surface area (Å²) in [5.74, 6) is -0.897. The Kier molecular flexibility index (Phi) is 3.99. The van der Waals surface area contributed by atoms with E-state index in [4.69, 9.17) is 0 Å². The molecule has 7 heteroatoms. The van der Waals surface area contributed by atoms with Gasteiger partial charge in [-0.05, 0) is 30.3 Å². The van der Waals surface area contributed by atoms with Crippen molar-refractivity contribution in [3.63, 3.8) is 0 Å². The molecule has 0 radical (unpaired) electrons. The topological polar surface area (TPSA) is 92.5 Å². The van der Waals surface area contributed by atoms with Crippen molar-refractivity contribution in [1.29, 1.82) is 0 Å². The second-order valence-electron chi connectivity index (χ2n) is 3.89. The Morgan fingerprint density at radius 1 is 1.20 bits per heavy atom. The van der Waals surface area contributed by atoms with E-state index in [-0.39, 0.29) is 17.1 Å². The minimum atomic E-state index is -0.670. The molecule has 1 amide bonds. The molecule has 0 bridgehead atoms. The number of nitro benzene ring substituents is 1. The first-order valence-corrected chi connectivity index (χ1v) is 6.31. The molecule has 0 aliphatic heterocycles. The van der Waals surface area contributed by atoms with Gasteiger partial charge in [0.05, 0.1) is 4.92 Å². The maximum absolute atomic E-state index is 12.0. The van der Waals surface area contributed by atoms with Crippen molar-refractivity contribution < 1.29 is 14.8 Å². The highest BCUT2D eigenvalue weighted by Crippen LogP contribution is 2.33. The summed E-state index contributed by atoms with van der Waals surface area (Å²) >= 11 is 3.24. The Hall–Kier alpha value is -2.41. The maximum Gasteiger partial charge on any atom is 0.296 e. The average Bonchev–Trinajstić information content (AvgIpc) is 2.41. The van der Waals surface area contributed by atoms with Gasteiger partial charge in [-0.3, -0.25) is 14.9 Å². The molecule has 2 aromatic carbocycles. The van der Waals surface area contributed by atoms with Gasteiger partial charge in [0.25, 0.3) is 11.6 Å². The van der Waals surface area contributed by atoms with Crippen LogP contribution in [-0.4, -0.2) is 15.9 Å². The van der Waals surface area contributed by atoms with Crippen LogP contribution in [0.5, 0.6) is 5.75 Å².